The number of aliphatic imine (C=N–C) groups is 1. The second kappa shape index (κ2) is 8.36. The standard InChI is InChI=1S/C19H30N6O.HI/c1-3-20-18(21-14-19(7-4-8-19)15-5-6-15)24-9-10-25(17(26)13-24)16-11-22-23(2)12-16;/h11-12,15H,3-10,13-14H2,1-2H3,(H,20,21);1H. The SMILES string of the molecule is CCNC(=NCC1(C2CC2)CCC1)N1CCN(c2cnn(C)c2)C(=O)C1.I. The van der Waals surface area contributed by atoms with Gasteiger partial charge in [0.2, 0.25) is 5.91 Å². The van der Waals surface area contributed by atoms with E-state index in [4.69, 9.17) is 4.99 Å². The highest BCUT2D eigenvalue weighted by atomic mass is 127. The number of hydrogen-bond acceptors (Lipinski definition) is 3. The van der Waals surface area contributed by atoms with E-state index < -0.39 is 0 Å². The van der Waals surface area contributed by atoms with Crippen LogP contribution in [0.5, 0.6) is 0 Å². The van der Waals surface area contributed by atoms with Crippen LogP contribution in [0.4, 0.5) is 5.69 Å². The molecule has 1 saturated heterocycles. The number of amides is 1. The van der Waals surface area contributed by atoms with Gasteiger partial charge in [0.05, 0.1) is 11.9 Å². The van der Waals surface area contributed by atoms with Crippen molar-refractivity contribution in [3.63, 3.8) is 0 Å². The van der Waals surface area contributed by atoms with Crippen molar-refractivity contribution in [1.82, 2.24) is 20.0 Å². The lowest BCUT2D eigenvalue weighted by molar-refractivity contribution is -0.120. The van der Waals surface area contributed by atoms with Gasteiger partial charge in [-0.2, -0.15) is 5.10 Å². The topological polar surface area (TPSA) is 65.8 Å². The van der Waals surface area contributed by atoms with Crippen molar-refractivity contribution in [1.29, 1.82) is 0 Å². The first-order valence-electron chi connectivity index (χ1n) is 9.93. The van der Waals surface area contributed by atoms with Crippen molar-refractivity contribution >= 4 is 41.5 Å². The summed E-state index contributed by atoms with van der Waals surface area (Å²) in [6.45, 7) is 5.66. The van der Waals surface area contributed by atoms with Crippen molar-refractivity contribution in [2.45, 2.75) is 39.0 Å². The Morgan fingerprint density at radius 2 is 2.15 bits per heavy atom. The fraction of sp³-hybridized carbons (Fsp3) is 0.737. The summed E-state index contributed by atoms with van der Waals surface area (Å²) in [4.78, 5) is 21.6. The van der Waals surface area contributed by atoms with Crippen LogP contribution >= 0.6 is 24.0 Å². The highest BCUT2D eigenvalue weighted by Gasteiger charge is 2.48. The molecular weight excluding hydrogens is 455 g/mol. The molecule has 8 heteroatoms. The third-order valence-electron chi connectivity index (χ3n) is 6.19. The van der Waals surface area contributed by atoms with Gasteiger partial charge in [-0.05, 0) is 43.9 Å². The highest BCUT2D eigenvalue weighted by Crippen LogP contribution is 2.57. The van der Waals surface area contributed by atoms with E-state index in [1.54, 1.807) is 10.9 Å². The third-order valence-corrected chi connectivity index (χ3v) is 6.19. The minimum Gasteiger partial charge on any atom is -0.357 e. The molecule has 2 saturated carbocycles. The molecule has 0 unspecified atom stereocenters. The van der Waals surface area contributed by atoms with Gasteiger partial charge in [0, 0.05) is 39.4 Å². The van der Waals surface area contributed by atoms with Crippen LogP contribution in [0.2, 0.25) is 0 Å². The normalized spacial score (nSPS) is 22.3. The summed E-state index contributed by atoms with van der Waals surface area (Å²) in [6.07, 6.45) is 10.4. The molecule has 0 aromatic carbocycles. The van der Waals surface area contributed by atoms with Crippen molar-refractivity contribution in [3.8, 4) is 0 Å². The van der Waals surface area contributed by atoms with Crippen molar-refractivity contribution in [2.75, 3.05) is 37.6 Å². The number of piperazine rings is 1. The van der Waals surface area contributed by atoms with Crippen LogP contribution < -0.4 is 10.2 Å². The number of carbonyl (C=O) groups is 1. The maximum absolute atomic E-state index is 12.7. The predicted molar refractivity (Wildman–Crippen MR) is 118 cm³/mol. The average Bonchev–Trinajstić information content (AvgIpc) is 3.34. The van der Waals surface area contributed by atoms with E-state index in [1.165, 1.54) is 32.1 Å². The van der Waals surface area contributed by atoms with Crippen molar-refractivity contribution in [3.05, 3.63) is 12.4 Å². The van der Waals surface area contributed by atoms with Crippen LogP contribution in [0.15, 0.2) is 17.4 Å². The summed E-state index contributed by atoms with van der Waals surface area (Å²) >= 11 is 0. The van der Waals surface area contributed by atoms with Gasteiger partial charge >= 0.3 is 0 Å². The smallest absolute Gasteiger partial charge is 0.246 e. The summed E-state index contributed by atoms with van der Waals surface area (Å²) in [5.74, 6) is 1.90. The highest BCUT2D eigenvalue weighted by molar-refractivity contribution is 14.0. The number of rotatable bonds is 5. The van der Waals surface area contributed by atoms with E-state index in [0.717, 1.165) is 37.2 Å². The van der Waals surface area contributed by atoms with Gasteiger partial charge in [-0.25, -0.2) is 0 Å². The average molecular weight is 486 g/mol. The van der Waals surface area contributed by atoms with Gasteiger partial charge < -0.3 is 15.1 Å². The summed E-state index contributed by atoms with van der Waals surface area (Å²) < 4.78 is 1.73. The van der Waals surface area contributed by atoms with Gasteiger partial charge in [-0.1, -0.05) is 6.42 Å². The zero-order valence-electron chi connectivity index (χ0n) is 16.4. The first-order chi connectivity index (χ1) is 12.6. The van der Waals surface area contributed by atoms with Gasteiger partial charge in [-0.3, -0.25) is 14.5 Å². The molecule has 1 aromatic rings. The Bertz CT molecular complexity index is 694. The maximum Gasteiger partial charge on any atom is 0.246 e. The lowest BCUT2D eigenvalue weighted by Crippen LogP contribution is -2.55. The summed E-state index contributed by atoms with van der Waals surface area (Å²) in [6, 6.07) is 0. The van der Waals surface area contributed by atoms with E-state index in [9.17, 15) is 4.79 Å². The van der Waals surface area contributed by atoms with E-state index in [-0.39, 0.29) is 29.9 Å². The number of hydrogen-bond donors (Lipinski definition) is 1. The minimum atomic E-state index is 0. The molecule has 1 aliphatic heterocycles. The molecule has 0 radical (unpaired) electrons. The Balaban J connectivity index is 0.00000210. The molecule has 1 N–H and O–H groups in total. The van der Waals surface area contributed by atoms with Gasteiger partial charge in [0.25, 0.3) is 0 Å². The number of aromatic nitrogens is 2. The molecule has 150 valence electrons. The zero-order valence-corrected chi connectivity index (χ0v) is 18.7. The molecule has 27 heavy (non-hydrogen) atoms. The fourth-order valence-corrected chi connectivity index (χ4v) is 4.35. The molecule has 1 aromatic heterocycles. The number of carbonyl (C=O) groups excluding carboxylic acids is 1. The second-order valence-corrected chi connectivity index (χ2v) is 8.00. The third kappa shape index (κ3) is 4.25. The monoisotopic (exact) mass is 486 g/mol. The van der Waals surface area contributed by atoms with Crippen LogP contribution in [0.1, 0.15) is 39.0 Å². The molecule has 2 aliphatic carbocycles. The Kier molecular flexibility index (Phi) is 6.32. The van der Waals surface area contributed by atoms with E-state index in [0.29, 0.717) is 18.5 Å². The van der Waals surface area contributed by atoms with Crippen LogP contribution in [0, 0.1) is 11.3 Å². The summed E-state index contributed by atoms with van der Waals surface area (Å²) in [5.41, 5.74) is 1.34. The molecule has 3 fully saturated rings. The number of halogens is 1. The quantitative estimate of drug-likeness (QED) is 0.394. The maximum atomic E-state index is 12.7. The van der Waals surface area contributed by atoms with Gasteiger partial charge in [0.15, 0.2) is 5.96 Å². The van der Waals surface area contributed by atoms with Crippen LogP contribution in [-0.2, 0) is 11.8 Å². The number of nitrogens with one attached hydrogen (secondary N) is 1. The largest absolute Gasteiger partial charge is 0.357 e. The van der Waals surface area contributed by atoms with Crippen molar-refractivity contribution < 1.29 is 4.79 Å². The second-order valence-electron chi connectivity index (χ2n) is 8.00. The number of guanidine groups is 1. The molecule has 0 bridgehead atoms. The number of aryl methyl sites for hydroxylation is 1. The van der Waals surface area contributed by atoms with E-state index in [1.807, 2.05) is 18.1 Å². The molecule has 0 atom stereocenters. The van der Waals surface area contributed by atoms with Gasteiger partial charge in [-0.15, -0.1) is 24.0 Å². The lowest BCUT2D eigenvalue weighted by atomic mass is 9.65. The lowest BCUT2D eigenvalue weighted by Gasteiger charge is -2.42. The van der Waals surface area contributed by atoms with E-state index in [2.05, 4.69) is 22.2 Å². The van der Waals surface area contributed by atoms with Crippen LogP contribution in [0.3, 0.4) is 0 Å². The summed E-state index contributed by atoms with van der Waals surface area (Å²) in [5, 5.41) is 7.58. The Morgan fingerprint density at radius 3 is 2.67 bits per heavy atom. The predicted octanol–water partition coefficient (Wildman–Crippen LogP) is 2.23. The molecule has 7 nitrogen and oxygen atoms in total. The number of nitrogens with zero attached hydrogens (tertiary/aromatic N) is 5. The molecule has 1 amide bonds. The zero-order chi connectivity index (χ0) is 18.1. The molecule has 2 heterocycles. The first-order valence-corrected chi connectivity index (χ1v) is 9.93. The van der Waals surface area contributed by atoms with Gasteiger partial charge in [0.1, 0.15) is 6.54 Å². The van der Waals surface area contributed by atoms with Crippen LogP contribution in [0.25, 0.3) is 0 Å². The number of anilines is 1. The molecule has 4 rings (SSSR count). The fourth-order valence-electron chi connectivity index (χ4n) is 4.35. The first kappa shape index (κ1) is 20.4. The molecule has 0 spiro atoms. The summed E-state index contributed by atoms with van der Waals surface area (Å²) in [7, 11) is 1.87. The van der Waals surface area contributed by atoms with E-state index >= 15 is 0 Å². The Hall–Kier alpha value is -1.32. The Labute approximate surface area is 178 Å². The van der Waals surface area contributed by atoms with Crippen molar-refractivity contribution in [2.24, 2.45) is 23.4 Å². The molecule has 3 aliphatic rings. The van der Waals surface area contributed by atoms with Crippen LogP contribution in [-0.4, -0.2) is 59.3 Å². The molecular formula is C19H31IN6O. The Morgan fingerprint density at radius 1 is 1.37 bits per heavy atom. The minimum absolute atomic E-state index is 0.